The van der Waals surface area contributed by atoms with Gasteiger partial charge in [-0.25, -0.2) is 0 Å². The molecule has 0 saturated heterocycles. The van der Waals surface area contributed by atoms with Crippen molar-refractivity contribution < 1.29 is 4.74 Å². The summed E-state index contributed by atoms with van der Waals surface area (Å²) in [5.41, 5.74) is 1.51. The largest absolute Gasteiger partial charge is 0.495 e. The van der Waals surface area contributed by atoms with E-state index in [-0.39, 0.29) is 11.0 Å². The first-order valence-corrected chi connectivity index (χ1v) is 7.12. The lowest BCUT2D eigenvalue weighted by Gasteiger charge is -2.29. The van der Waals surface area contributed by atoms with E-state index >= 15 is 0 Å². The van der Waals surface area contributed by atoms with Gasteiger partial charge in [0.2, 0.25) is 0 Å². The number of ether oxygens (including phenoxy) is 1. The average molecular weight is 284 g/mol. The molecule has 3 heteroatoms. The van der Waals surface area contributed by atoms with Crippen LogP contribution < -0.4 is 10.1 Å². The molecule has 0 bridgehead atoms. The van der Waals surface area contributed by atoms with Gasteiger partial charge in [0, 0.05) is 5.54 Å². The van der Waals surface area contributed by atoms with Crippen molar-refractivity contribution in [3.8, 4) is 5.75 Å². The lowest BCUT2D eigenvalue weighted by Crippen LogP contribution is -2.38. The van der Waals surface area contributed by atoms with Gasteiger partial charge in [0.05, 0.1) is 12.1 Å². The predicted octanol–water partition coefficient (Wildman–Crippen LogP) is 4.40. The lowest BCUT2D eigenvalue weighted by atomic mass is 9.81. The van der Waals surface area contributed by atoms with E-state index in [1.807, 2.05) is 12.1 Å². The molecule has 0 amide bonds. The van der Waals surface area contributed by atoms with Crippen molar-refractivity contribution in [3.05, 3.63) is 28.8 Å². The Morgan fingerprint density at radius 2 is 1.79 bits per heavy atom. The molecular weight excluding hydrogens is 258 g/mol. The zero-order chi connectivity index (χ0) is 14.7. The molecule has 19 heavy (non-hydrogen) atoms. The molecule has 1 rings (SSSR count). The van der Waals surface area contributed by atoms with Crippen molar-refractivity contribution in [2.24, 2.45) is 0 Å². The second-order valence-electron chi connectivity index (χ2n) is 6.66. The van der Waals surface area contributed by atoms with E-state index < -0.39 is 0 Å². The molecule has 108 valence electrons. The number of hydrogen-bond donors (Lipinski definition) is 1. The van der Waals surface area contributed by atoms with E-state index in [0.29, 0.717) is 5.02 Å². The molecule has 0 spiro atoms. The van der Waals surface area contributed by atoms with Crippen molar-refractivity contribution in [2.75, 3.05) is 13.7 Å². The van der Waals surface area contributed by atoms with Gasteiger partial charge in [0.1, 0.15) is 5.75 Å². The molecule has 0 aromatic heterocycles. The summed E-state index contributed by atoms with van der Waals surface area (Å²) in [6.07, 6.45) is 1.06. The smallest absolute Gasteiger partial charge is 0.137 e. The summed E-state index contributed by atoms with van der Waals surface area (Å²) in [6, 6.07) is 6.04. The number of rotatable bonds is 5. The first-order valence-electron chi connectivity index (χ1n) is 6.75. The Balaban J connectivity index is 2.76. The van der Waals surface area contributed by atoms with Crippen LogP contribution in [-0.2, 0) is 5.41 Å². The average Bonchev–Trinajstić information content (AvgIpc) is 2.27. The first-order chi connectivity index (χ1) is 8.65. The summed E-state index contributed by atoms with van der Waals surface area (Å²) < 4.78 is 5.29. The van der Waals surface area contributed by atoms with Crippen molar-refractivity contribution in [1.29, 1.82) is 0 Å². The van der Waals surface area contributed by atoms with Crippen LogP contribution in [-0.4, -0.2) is 19.2 Å². The van der Waals surface area contributed by atoms with E-state index in [2.05, 4.69) is 46.0 Å². The quantitative estimate of drug-likeness (QED) is 0.864. The summed E-state index contributed by atoms with van der Waals surface area (Å²) in [4.78, 5) is 0. The molecule has 0 saturated carbocycles. The molecule has 0 radical (unpaired) electrons. The van der Waals surface area contributed by atoms with Gasteiger partial charge in [0.15, 0.2) is 0 Å². The number of halogens is 1. The van der Waals surface area contributed by atoms with E-state index in [1.165, 1.54) is 5.56 Å². The highest BCUT2D eigenvalue weighted by Crippen LogP contribution is 2.33. The summed E-state index contributed by atoms with van der Waals surface area (Å²) in [7, 11) is 1.65. The van der Waals surface area contributed by atoms with Gasteiger partial charge in [-0.2, -0.15) is 0 Å². The highest BCUT2D eigenvalue weighted by Gasteiger charge is 2.22. The Hall–Kier alpha value is -0.730. The maximum absolute atomic E-state index is 6.07. The van der Waals surface area contributed by atoms with Crippen molar-refractivity contribution >= 4 is 11.6 Å². The number of nitrogens with one attached hydrogen (secondary N) is 1. The summed E-state index contributed by atoms with van der Waals surface area (Å²) >= 11 is 6.07. The van der Waals surface area contributed by atoms with Crippen molar-refractivity contribution in [1.82, 2.24) is 5.32 Å². The van der Waals surface area contributed by atoms with Gasteiger partial charge < -0.3 is 10.1 Å². The fraction of sp³-hybridized carbons (Fsp3) is 0.625. The molecule has 0 aliphatic heterocycles. The Kier molecular flexibility index (Phi) is 5.28. The second kappa shape index (κ2) is 6.15. The van der Waals surface area contributed by atoms with Crippen LogP contribution in [0.3, 0.4) is 0 Å². The van der Waals surface area contributed by atoms with E-state index in [0.717, 1.165) is 18.7 Å². The Morgan fingerprint density at radius 1 is 1.16 bits per heavy atom. The zero-order valence-electron chi connectivity index (χ0n) is 12.9. The molecule has 0 atom stereocenters. The second-order valence-corrected chi connectivity index (χ2v) is 7.07. The van der Waals surface area contributed by atoms with Gasteiger partial charge in [0.25, 0.3) is 0 Å². The van der Waals surface area contributed by atoms with Gasteiger partial charge in [-0.05, 0) is 56.8 Å². The van der Waals surface area contributed by atoms with Crippen LogP contribution in [0.2, 0.25) is 5.02 Å². The third-order valence-corrected chi connectivity index (χ3v) is 3.65. The Labute approximate surface area is 122 Å². The molecule has 0 fully saturated rings. The topological polar surface area (TPSA) is 21.3 Å². The molecule has 0 heterocycles. The highest BCUT2D eigenvalue weighted by molar-refractivity contribution is 6.32. The first kappa shape index (κ1) is 16.3. The molecule has 0 aliphatic carbocycles. The van der Waals surface area contributed by atoms with Gasteiger partial charge in [-0.3, -0.25) is 0 Å². The fourth-order valence-electron chi connectivity index (χ4n) is 1.98. The number of methoxy groups -OCH3 is 1. The lowest BCUT2D eigenvalue weighted by molar-refractivity contribution is 0.377. The van der Waals surface area contributed by atoms with Gasteiger partial charge in [-0.1, -0.05) is 31.5 Å². The maximum Gasteiger partial charge on any atom is 0.137 e. The van der Waals surface area contributed by atoms with E-state index in [4.69, 9.17) is 16.3 Å². The van der Waals surface area contributed by atoms with Crippen LogP contribution in [0.5, 0.6) is 5.75 Å². The highest BCUT2D eigenvalue weighted by atomic mass is 35.5. The molecule has 0 unspecified atom stereocenters. The van der Waals surface area contributed by atoms with Crippen molar-refractivity contribution in [2.45, 2.75) is 52.0 Å². The van der Waals surface area contributed by atoms with Crippen LogP contribution in [0.25, 0.3) is 0 Å². The summed E-state index contributed by atoms with van der Waals surface area (Å²) in [5.74, 6) is 0.746. The standard InChI is InChI=1S/C16H26ClNO/c1-15(2,3)18-10-9-16(4,5)12-7-8-13(17)14(11-12)19-6/h7-8,11,18H,9-10H2,1-6H3. The summed E-state index contributed by atoms with van der Waals surface area (Å²) in [6.45, 7) is 12.0. The fourth-order valence-corrected chi connectivity index (χ4v) is 2.17. The maximum atomic E-state index is 6.07. The third kappa shape index (κ3) is 5.04. The van der Waals surface area contributed by atoms with Crippen LogP contribution in [0, 0.1) is 0 Å². The van der Waals surface area contributed by atoms with E-state index in [1.54, 1.807) is 7.11 Å². The zero-order valence-corrected chi connectivity index (χ0v) is 13.7. The molecule has 1 N–H and O–H groups in total. The van der Waals surface area contributed by atoms with Crippen LogP contribution in [0.4, 0.5) is 0 Å². The van der Waals surface area contributed by atoms with Crippen molar-refractivity contribution in [3.63, 3.8) is 0 Å². The molecule has 1 aromatic rings. The van der Waals surface area contributed by atoms with E-state index in [9.17, 15) is 0 Å². The minimum absolute atomic E-state index is 0.0934. The molecular formula is C16H26ClNO. The minimum atomic E-state index is 0.0934. The van der Waals surface area contributed by atoms with Gasteiger partial charge >= 0.3 is 0 Å². The molecule has 0 aliphatic rings. The summed E-state index contributed by atoms with van der Waals surface area (Å²) in [5, 5.41) is 4.19. The number of benzene rings is 1. The SMILES string of the molecule is COc1cc(C(C)(C)CCNC(C)(C)C)ccc1Cl. The predicted molar refractivity (Wildman–Crippen MR) is 83.4 cm³/mol. The third-order valence-electron chi connectivity index (χ3n) is 3.34. The molecule has 2 nitrogen and oxygen atoms in total. The van der Waals surface area contributed by atoms with Crippen LogP contribution in [0.1, 0.15) is 46.6 Å². The van der Waals surface area contributed by atoms with Gasteiger partial charge in [-0.15, -0.1) is 0 Å². The van der Waals surface area contributed by atoms with Crippen LogP contribution in [0.15, 0.2) is 18.2 Å². The minimum Gasteiger partial charge on any atom is -0.495 e. The Bertz CT molecular complexity index is 421. The number of hydrogen-bond acceptors (Lipinski definition) is 2. The molecule has 1 aromatic carbocycles. The van der Waals surface area contributed by atoms with Crippen LogP contribution >= 0.6 is 11.6 Å². The Morgan fingerprint density at radius 3 is 2.32 bits per heavy atom. The normalized spacial score (nSPS) is 12.6. The monoisotopic (exact) mass is 283 g/mol.